The van der Waals surface area contributed by atoms with Crippen molar-refractivity contribution in [2.75, 3.05) is 12.3 Å². The van der Waals surface area contributed by atoms with Gasteiger partial charge in [0.15, 0.2) is 0 Å². The normalized spacial score (nSPS) is 14.8. The molecular weight excluding hydrogens is 208 g/mol. The molecule has 0 spiro atoms. The largest absolute Gasteiger partial charge is 0.493 e. The number of ether oxygens (including phenoxy) is 1. The number of nitro groups is 1. The quantitative estimate of drug-likeness (QED) is 0.471. The predicted octanol–water partition coefficient (Wildman–Crippen LogP) is 2.36. The van der Waals surface area contributed by atoms with Crippen molar-refractivity contribution in [3.05, 3.63) is 28.3 Å². The fraction of sp³-hybridized carbons (Fsp3) is 0.455. The van der Waals surface area contributed by atoms with Crippen LogP contribution < -0.4 is 10.5 Å². The summed E-state index contributed by atoms with van der Waals surface area (Å²) in [6.07, 6.45) is 3.59. The second-order valence-corrected chi connectivity index (χ2v) is 4.06. The van der Waals surface area contributed by atoms with Crippen LogP contribution in [0.5, 0.6) is 5.75 Å². The Morgan fingerprint density at radius 2 is 2.25 bits per heavy atom. The van der Waals surface area contributed by atoms with Crippen molar-refractivity contribution < 1.29 is 9.66 Å². The van der Waals surface area contributed by atoms with E-state index in [1.807, 2.05) is 0 Å². The molecule has 86 valence electrons. The second-order valence-electron chi connectivity index (χ2n) is 4.06. The number of nitrogens with two attached hydrogens (primary N) is 1. The van der Waals surface area contributed by atoms with Crippen LogP contribution in [0.3, 0.4) is 0 Å². The summed E-state index contributed by atoms with van der Waals surface area (Å²) in [6, 6.07) is 4.54. The van der Waals surface area contributed by atoms with Gasteiger partial charge in [-0.05, 0) is 24.5 Å². The van der Waals surface area contributed by atoms with E-state index in [0.717, 1.165) is 12.3 Å². The number of rotatable bonds is 5. The first-order valence-electron chi connectivity index (χ1n) is 5.33. The Hall–Kier alpha value is -1.78. The molecular formula is C11H14N2O3. The van der Waals surface area contributed by atoms with Crippen molar-refractivity contribution >= 4 is 11.4 Å². The molecule has 2 rings (SSSR count). The minimum Gasteiger partial charge on any atom is -0.493 e. The molecule has 0 bridgehead atoms. The van der Waals surface area contributed by atoms with Gasteiger partial charge in [-0.2, -0.15) is 0 Å². The van der Waals surface area contributed by atoms with Gasteiger partial charge in [0.1, 0.15) is 11.4 Å². The van der Waals surface area contributed by atoms with E-state index in [2.05, 4.69) is 0 Å². The van der Waals surface area contributed by atoms with Crippen LogP contribution in [0.25, 0.3) is 0 Å². The average Bonchev–Trinajstić information content (AvgIpc) is 3.04. The third-order valence-corrected chi connectivity index (χ3v) is 2.69. The summed E-state index contributed by atoms with van der Waals surface area (Å²) in [5, 5.41) is 10.6. The molecule has 0 radical (unpaired) electrons. The van der Waals surface area contributed by atoms with Crippen LogP contribution in [0, 0.1) is 16.0 Å². The number of nitrogens with zero attached hydrogens (tertiary/aromatic N) is 1. The van der Waals surface area contributed by atoms with Gasteiger partial charge in [0.05, 0.1) is 17.6 Å². The maximum Gasteiger partial charge on any atom is 0.295 e. The summed E-state index contributed by atoms with van der Waals surface area (Å²) >= 11 is 0. The zero-order chi connectivity index (χ0) is 11.5. The van der Waals surface area contributed by atoms with E-state index in [-0.39, 0.29) is 11.4 Å². The van der Waals surface area contributed by atoms with Crippen LogP contribution in [0.1, 0.15) is 19.3 Å². The molecule has 5 nitrogen and oxygen atoms in total. The molecule has 0 aliphatic heterocycles. The van der Waals surface area contributed by atoms with Crippen LogP contribution in [0.2, 0.25) is 0 Å². The van der Waals surface area contributed by atoms with Gasteiger partial charge in [-0.1, -0.05) is 12.8 Å². The van der Waals surface area contributed by atoms with Crippen molar-refractivity contribution in [2.45, 2.75) is 19.3 Å². The molecule has 0 aromatic heterocycles. The molecule has 1 aliphatic carbocycles. The highest BCUT2D eigenvalue weighted by atomic mass is 16.6. The van der Waals surface area contributed by atoms with Gasteiger partial charge in [0, 0.05) is 0 Å². The minimum atomic E-state index is -0.497. The molecule has 1 aromatic carbocycles. The summed E-state index contributed by atoms with van der Waals surface area (Å²) < 4.78 is 5.44. The Morgan fingerprint density at radius 3 is 2.88 bits per heavy atom. The van der Waals surface area contributed by atoms with Crippen molar-refractivity contribution in [1.82, 2.24) is 0 Å². The van der Waals surface area contributed by atoms with Crippen LogP contribution in [-0.4, -0.2) is 11.5 Å². The molecule has 1 aromatic rings. The van der Waals surface area contributed by atoms with E-state index in [1.54, 1.807) is 6.07 Å². The van der Waals surface area contributed by atoms with Crippen LogP contribution in [-0.2, 0) is 0 Å². The maximum absolute atomic E-state index is 10.6. The molecule has 0 atom stereocenters. The Bertz CT molecular complexity index is 402. The van der Waals surface area contributed by atoms with E-state index in [0.29, 0.717) is 12.4 Å². The fourth-order valence-corrected chi connectivity index (χ4v) is 1.52. The molecule has 0 amide bonds. The van der Waals surface area contributed by atoms with E-state index in [1.165, 1.54) is 25.0 Å². The Balaban J connectivity index is 1.97. The van der Waals surface area contributed by atoms with Crippen molar-refractivity contribution in [3.63, 3.8) is 0 Å². The summed E-state index contributed by atoms with van der Waals surface area (Å²) in [5.74, 6) is 1.31. The van der Waals surface area contributed by atoms with Crippen LogP contribution in [0.15, 0.2) is 18.2 Å². The monoisotopic (exact) mass is 222 g/mol. The predicted molar refractivity (Wildman–Crippen MR) is 60.3 cm³/mol. The molecule has 1 saturated carbocycles. The minimum absolute atomic E-state index is 0.0936. The van der Waals surface area contributed by atoms with Gasteiger partial charge in [0.25, 0.3) is 5.69 Å². The Kier molecular flexibility index (Phi) is 2.94. The van der Waals surface area contributed by atoms with E-state index in [4.69, 9.17) is 10.5 Å². The fourth-order valence-electron chi connectivity index (χ4n) is 1.52. The Labute approximate surface area is 93.4 Å². The lowest BCUT2D eigenvalue weighted by Crippen LogP contribution is -2.00. The molecule has 1 fully saturated rings. The lowest BCUT2D eigenvalue weighted by molar-refractivity contribution is -0.384. The number of hydrogen-bond acceptors (Lipinski definition) is 4. The van der Waals surface area contributed by atoms with Gasteiger partial charge < -0.3 is 10.5 Å². The number of nitrogen functional groups attached to an aromatic ring is 1. The standard InChI is InChI=1S/C11H14N2O3/c12-10-4-3-9(7-11(10)13(14)15)16-6-5-8-1-2-8/h3-4,7-8H,1-2,5-6,12H2. The van der Waals surface area contributed by atoms with Crippen molar-refractivity contribution in [1.29, 1.82) is 0 Å². The van der Waals surface area contributed by atoms with Crippen molar-refractivity contribution in [3.8, 4) is 5.75 Å². The zero-order valence-electron chi connectivity index (χ0n) is 8.89. The van der Waals surface area contributed by atoms with Gasteiger partial charge >= 0.3 is 0 Å². The highest BCUT2D eigenvalue weighted by Crippen LogP contribution is 2.32. The number of nitro benzene ring substituents is 1. The van der Waals surface area contributed by atoms with Gasteiger partial charge in [-0.15, -0.1) is 0 Å². The average molecular weight is 222 g/mol. The third-order valence-electron chi connectivity index (χ3n) is 2.69. The van der Waals surface area contributed by atoms with E-state index in [9.17, 15) is 10.1 Å². The smallest absolute Gasteiger partial charge is 0.295 e. The highest BCUT2D eigenvalue weighted by Gasteiger charge is 2.21. The summed E-state index contributed by atoms with van der Waals surface area (Å²) in [4.78, 5) is 10.1. The molecule has 16 heavy (non-hydrogen) atoms. The summed E-state index contributed by atoms with van der Waals surface area (Å²) in [5.41, 5.74) is 5.55. The lowest BCUT2D eigenvalue weighted by atomic mass is 10.2. The van der Waals surface area contributed by atoms with Gasteiger partial charge in [0.2, 0.25) is 0 Å². The molecule has 0 saturated heterocycles. The summed E-state index contributed by atoms with van der Waals surface area (Å²) in [6.45, 7) is 0.617. The Morgan fingerprint density at radius 1 is 1.50 bits per heavy atom. The second kappa shape index (κ2) is 4.38. The van der Waals surface area contributed by atoms with Gasteiger partial charge in [-0.3, -0.25) is 10.1 Å². The molecule has 2 N–H and O–H groups in total. The third kappa shape index (κ3) is 2.62. The zero-order valence-corrected chi connectivity index (χ0v) is 8.89. The number of anilines is 1. The topological polar surface area (TPSA) is 78.4 Å². The number of hydrogen-bond donors (Lipinski definition) is 1. The summed E-state index contributed by atoms with van der Waals surface area (Å²) in [7, 11) is 0. The molecule has 5 heteroatoms. The first-order chi connectivity index (χ1) is 7.66. The molecule has 0 unspecified atom stereocenters. The lowest BCUT2D eigenvalue weighted by Gasteiger charge is -2.06. The van der Waals surface area contributed by atoms with E-state index < -0.39 is 4.92 Å². The SMILES string of the molecule is Nc1ccc(OCCC2CC2)cc1[N+](=O)[O-]. The molecule has 0 heterocycles. The van der Waals surface area contributed by atoms with Gasteiger partial charge in [-0.25, -0.2) is 0 Å². The van der Waals surface area contributed by atoms with Crippen molar-refractivity contribution in [2.24, 2.45) is 5.92 Å². The first-order valence-corrected chi connectivity index (χ1v) is 5.33. The first kappa shape index (κ1) is 10.7. The van der Waals surface area contributed by atoms with Crippen LogP contribution in [0.4, 0.5) is 11.4 Å². The number of benzene rings is 1. The van der Waals surface area contributed by atoms with Crippen LogP contribution >= 0.6 is 0 Å². The van der Waals surface area contributed by atoms with E-state index >= 15 is 0 Å². The highest BCUT2D eigenvalue weighted by molar-refractivity contribution is 5.60. The molecule has 1 aliphatic rings. The maximum atomic E-state index is 10.6.